The molecule has 1 aliphatic heterocycles. The average Bonchev–Trinajstić information content (AvgIpc) is 2.17. The summed E-state index contributed by atoms with van der Waals surface area (Å²) in [5.41, 5.74) is 4.78. The summed E-state index contributed by atoms with van der Waals surface area (Å²) in [5, 5.41) is 4.71. The molecular weight excluding hydrogens is 211 g/mol. The summed E-state index contributed by atoms with van der Waals surface area (Å²) < 4.78 is 36.1. The van der Waals surface area contributed by atoms with Crippen LogP contribution in [0.2, 0.25) is 0 Å². The molecular formula is C8H14F3N3O. The van der Waals surface area contributed by atoms with Crippen LogP contribution < -0.4 is 16.4 Å². The highest BCUT2D eigenvalue weighted by atomic mass is 19.4. The number of amides is 1. The summed E-state index contributed by atoms with van der Waals surface area (Å²) in [4.78, 5) is 11.3. The fourth-order valence-corrected chi connectivity index (χ4v) is 1.43. The van der Waals surface area contributed by atoms with Gasteiger partial charge in [-0.1, -0.05) is 0 Å². The van der Waals surface area contributed by atoms with E-state index in [0.717, 1.165) is 13.0 Å². The Kier molecular flexibility index (Phi) is 3.92. The molecule has 4 N–H and O–H groups in total. The topological polar surface area (TPSA) is 67.1 Å². The second-order valence-electron chi connectivity index (χ2n) is 3.57. The maximum absolute atomic E-state index is 12.0. The highest BCUT2D eigenvalue weighted by Crippen LogP contribution is 2.17. The van der Waals surface area contributed by atoms with Crippen molar-refractivity contribution in [2.45, 2.75) is 25.2 Å². The number of nitrogens with one attached hydrogen (secondary N) is 2. The molecule has 0 spiro atoms. The van der Waals surface area contributed by atoms with Gasteiger partial charge in [-0.25, -0.2) is 0 Å². The van der Waals surface area contributed by atoms with Crippen molar-refractivity contribution in [1.82, 2.24) is 10.6 Å². The van der Waals surface area contributed by atoms with Crippen molar-refractivity contribution >= 4 is 5.91 Å². The van der Waals surface area contributed by atoms with E-state index in [4.69, 9.17) is 5.73 Å². The molecule has 2 unspecified atom stereocenters. The van der Waals surface area contributed by atoms with Gasteiger partial charge in [0.15, 0.2) is 6.17 Å². The van der Waals surface area contributed by atoms with Crippen LogP contribution in [0.1, 0.15) is 12.8 Å². The van der Waals surface area contributed by atoms with E-state index in [1.165, 1.54) is 0 Å². The summed E-state index contributed by atoms with van der Waals surface area (Å²) in [6, 6.07) is 0. The van der Waals surface area contributed by atoms with Gasteiger partial charge in [-0.3, -0.25) is 4.79 Å². The maximum Gasteiger partial charge on any atom is 0.421 e. The Morgan fingerprint density at radius 2 is 2.20 bits per heavy atom. The fraction of sp³-hybridized carbons (Fsp3) is 0.875. The first kappa shape index (κ1) is 12.3. The second kappa shape index (κ2) is 4.80. The van der Waals surface area contributed by atoms with E-state index in [0.29, 0.717) is 13.0 Å². The summed E-state index contributed by atoms with van der Waals surface area (Å²) >= 11 is 0. The molecule has 4 nitrogen and oxygen atoms in total. The number of piperidine rings is 1. The highest BCUT2D eigenvalue weighted by molar-refractivity contribution is 5.79. The Hall–Kier alpha value is -0.820. The standard InChI is InChI=1S/C8H14F3N3O/c9-8(10,11)7(12)14-6(15)5-2-1-3-13-4-5/h5,7,13H,1-4,12H2,(H,14,15). The monoisotopic (exact) mass is 225 g/mol. The Morgan fingerprint density at radius 1 is 1.53 bits per heavy atom. The van der Waals surface area contributed by atoms with Crippen LogP contribution in [0.25, 0.3) is 0 Å². The van der Waals surface area contributed by atoms with Crippen molar-refractivity contribution in [2.75, 3.05) is 13.1 Å². The molecule has 1 fully saturated rings. The summed E-state index contributed by atoms with van der Waals surface area (Å²) in [6.07, 6.45) is -5.47. The van der Waals surface area contributed by atoms with Crippen LogP contribution in [0.5, 0.6) is 0 Å². The lowest BCUT2D eigenvalue weighted by Crippen LogP contribution is -2.54. The van der Waals surface area contributed by atoms with Crippen molar-refractivity contribution in [3.05, 3.63) is 0 Å². The normalized spacial score (nSPS) is 24.7. The predicted octanol–water partition coefficient (Wildman–Crippen LogP) is -0.0507. The lowest BCUT2D eigenvalue weighted by atomic mass is 9.99. The van der Waals surface area contributed by atoms with Crippen LogP contribution in [-0.4, -0.2) is 31.3 Å². The van der Waals surface area contributed by atoms with E-state index in [2.05, 4.69) is 5.32 Å². The van der Waals surface area contributed by atoms with Gasteiger partial charge < -0.3 is 16.4 Å². The third kappa shape index (κ3) is 3.67. The molecule has 0 aromatic rings. The van der Waals surface area contributed by atoms with E-state index in [1.807, 2.05) is 0 Å². The second-order valence-corrected chi connectivity index (χ2v) is 3.57. The van der Waals surface area contributed by atoms with Gasteiger partial charge in [-0.15, -0.1) is 0 Å². The fourth-order valence-electron chi connectivity index (χ4n) is 1.43. The van der Waals surface area contributed by atoms with Crippen LogP contribution in [0.15, 0.2) is 0 Å². The Morgan fingerprint density at radius 3 is 2.67 bits per heavy atom. The van der Waals surface area contributed by atoms with E-state index >= 15 is 0 Å². The molecule has 2 atom stereocenters. The zero-order chi connectivity index (χ0) is 11.5. The molecule has 0 saturated carbocycles. The highest BCUT2D eigenvalue weighted by Gasteiger charge is 2.38. The smallest absolute Gasteiger partial charge is 0.333 e. The van der Waals surface area contributed by atoms with Crippen molar-refractivity contribution in [1.29, 1.82) is 0 Å². The van der Waals surface area contributed by atoms with Gasteiger partial charge in [-0.2, -0.15) is 13.2 Å². The number of nitrogens with two attached hydrogens (primary N) is 1. The van der Waals surface area contributed by atoms with Gasteiger partial charge in [0, 0.05) is 6.54 Å². The summed E-state index contributed by atoms with van der Waals surface area (Å²) in [7, 11) is 0. The van der Waals surface area contributed by atoms with Crippen molar-refractivity contribution in [2.24, 2.45) is 11.7 Å². The molecule has 7 heteroatoms. The molecule has 0 aromatic heterocycles. The number of halogens is 3. The van der Waals surface area contributed by atoms with Crippen LogP contribution >= 0.6 is 0 Å². The number of alkyl halides is 3. The largest absolute Gasteiger partial charge is 0.421 e. The van der Waals surface area contributed by atoms with Crippen molar-refractivity contribution in [3.8, 4) is 0 Å². The number of hydrogen-bond donors (Lipinski definition) is 3. The molecule has 1 amide bonds. The minimum atomic E-state index is -4.59. The van der Waals surface area contributed by atoms with Crippen molar-refractivity contribution in [3.63, 3.8) is 0 Å². The lowest BCUT2D eigenvalue weighted by molar-refractivity contribution is -0.162. The van der Waals surface area contributed by atoms with E-state index in [1.54, 1.807) is 5.32 Å². The van der Waals surface area contributed by atoms with E-state index in [-0.39, 0.29) is 0 Å². The summed E-state index contributed by atoms with van der Waals surface area (Å²) in [5.74, 6) is -1.04. The Balaban J connectivity index is 2.40. The quantitative estimate of drug-likeness (QED) is 0.577. The minimum absolute atomic E-state index is 0.410. The number of carbonyl (C=O) groups is 1. The van der Waals surface area contributed by atoms with Crippen molar-refractivity contribution < 1.29 is 18.0 Å². The Labute approximate surface area is 85.4 Å². The van der Waals surface area contributed by atoms with Crippen LogP contribution in [0.3, 0.4) is 0 Å². The lowest BCUT2D eigenvalue weighted by Gasteiger charge is -2.24. The number of rotatable bonds is 2. The first-order valence-electron chi connectivity index (χ1n) is 4.74. The molecule has 1 rings (SSSR count). The van der Waals surface area contributed by atoms with E-state index in [9.17, 15) is 18.0 Å². The first-order chi connectivity index (χ1) is 6.91. The maximum atomic E-state index is 12.0. The number of hydrogen-bond acceptors (Lipinski definition) is 3. The van der Waals surface area contributed by atoms with E-state index < -0.39 is 24.2 Å². The SMILES string of the molecule is NC(NC(=O)C1CCCNC1)C(F)(F)F. The number of carbonyl (C=O) groups excluding carboxylic acids is 1. The first-order valence-corrected chi connectivity index (χ1v) is 4.74. The van der Waals surface area contributed by atoms with Gasteiger partial charge in [0.1, 0.15) is 0 Å². The molecule has 0 aromatic carbocycles. The molecule has 1 heterocycles. The van der Waals surface area contributed by atoms with Gasteiger partial charge in [-0.05, 0) is 19.4 Å². The molecule has 88 valence electrons. The minimum Gasteiger partial charge on any atom is -0.333 e. The Bertz CT molecular complexity index is 226. The van der Waals surface area contributed by atoms with Gasteiger partial charge in [0.05, 0.1) is 5.92 Å². The van der Waals surface area contributed by atoms with Crippen LogP contribution in [0, 0.1) is 5.92 Å². The van der Waals surface area contributed by atoms with Crippen LogP contribution in [-0.2, 0) is 4.79 Å². The molecule has 1 aliphatic rings. The third-order valence-corrected chi connectivity index (χ3v) is 2.32. The predicted molar refractivity (Wildman–Crippen MR) is 47.8 cm³/mol. The zero-order valence-corrected chi connectivity index (χ0v) is 8.10. The third-order valence-electron chi connectivity index (χ3n) is 2.32. The van der Waals surface area contributed by atoms with Gasteiger partial charge >= 0.3 is 6.18 Å². The molecule has 0 aliphatic carbocycles. The zero-order valence-electron chi connectivity index (χ0n) is 8.10. The molecule has 0 radical (unpaired) electrons. The molecule has 15 heavy (non-hydrogen) atoms. The van der Waals surface area contributed by atoms with Crippen LogP contribution in [0.4, 0.5) is 13.2 Å². The summed E-state index contributed by atoms with van der Waals surface area (Å²) in [6.45, 7) is 1.21. The molecule has 1 saturated heterocycles. The average molecular weight is 225 g/mol. The van der Waals surface area contributed by atoms with Gasteiger partial charge in [0.2, 0.25) is 5.91 Å². The van der Waals surface area contributed by atoms with Gasteiger partial charge in [0.25, 0.3) is 0 Å². The molecule has 0 bridgehead atoms.